The Bertz CT molecular complexity index is 1890. The summed E-state index contributed by atoms with van der Waals surface area (Å²) in [6, 6.07) is 24.6. The molecule has 36 heavy (non-hydrogen) atoms. The highest BCUT2D eigenvalue weighted by Crippen LogP contribution is 2.41. The van der Waals surface area contributed by atoms with E-state index in [1.165, 1.54) is 12.1 Å². The monoisotopic (exact) mass is 493 g/mol. The van der Waals surface area contributed by atoms with E-state index in [2.05, 4.69) is 5.32 Å². The molecule has 5 aromatic carbocycles. The molecule has 1 aliphatic rings. The van der Waals surface area contributed by atoms with Gasteiger partial charge in [-0.25, -0.2) is 8.42 Å². The number of nitrogens with two attached hydrogens (primary N) is 1. The average Bonchev–Trinajstić information content (AvgIpc) is 2.86. The molecule has 0 heterocycles. The van der Waals surface area contributed by atoms with Crippen molar-refractivity contribution in [2.24, 2.45) is 0 Å². The Morgan fingerprint density at radius 2 is 1.25 bits per heavy atom. The lowest BCUT2D eigenvalue weighted by Gasteiger charge is -2.25. The minimum Gasteiger partial charge on any atom is -0.744 e. The van der Waals surface area contributed by atoms with Gasteiger partial charge in [-0.3, -0.25) is 9.59 Å². The number of rotatable bonds is 3. The lowest BCUT2D eigenvalue weighted by atomic mass is 9.82. The van der Waals surface area contributed by atoms with Crippen LogP contribution in [0.25, 0.3) is 21.5 Å². The van der Waals surface area contributed by atoms with E-state index in [4.69, 9.17) is 5.73 Å². The van der Waals surface area contributed by atoms with Crippen LogP contribution >= 0.6 is 0 Å². The highest BCUT2D eigenvalue weighted by molar-refractivity contribution is 7.86. The molecule has 0 fully saturated rings. The van der Waals surface area contributed by atoms with E-state index in [1.54, 1.807) is 18.2 Å². The van der Waals surface area contributed by atoms with Gasteiger partial charge >= 0.3 is 0 Å². The van der Waals surface area contributed by atoms with Gasteiger partial charge in [0, 0.05) is 22.2 Å². The molecule has 6 rings (SSSR count). The molecule has 5 aromatic rings. The van der Waals surface area contributed by atoms with Gasteiger partial charge in [-0.2, -0.15) is 0 Å². The first-order valence-corrected chi connectivity index (χ1v) is 12.4. The van der Waals surface area contributed by atoms with Crippen LogP contribution in [-0.2, 0) is 10.1 Å². The molecule has 8 heteroatoms. The molecular formula is C28H17N2O5S-. The van der Waals surface area contributed by atoms with Gasteiger partial charge in [-0.05, 0) is 40.4 Å². The van der Waals surface area contributed by atoms with Crippen LogP contribution < -0.4 is 11.1 Å². The maximum Gasteiger partial charge on any atom is 0.196 e. The maximum absolute atomic E-state index is 13.5. The van der Waals surface area contributed by atoms with Crippen LogP contribution in [0, 0.1) is 0 Å². The van der Waals surface area contributed by atoms with Crippen molar-refractivity contribution in [3.63, 3.8) is 0 Å². The summed E-state index contributed by atoms with van der Waals surface area (Å²) in [6.07, 6.45) is 0. The summed E-state index contributed by atoms with van der Waals surface area (Å²) < 4.78 is 36.2. The summed E-state index contributed by atoms with van der Waals surface area (Å²) in [6.45, 7) is 0. The van der Waals surface area contributed by atoms with Gasteiger partial charge in [-0.1, -0.05) is 60.7 Å². The lowest BCUT2D eigenvalue weighted by molar-refractivity contribution is 0.0980. The number of nitrogens with one attached hydrogen (secondary N) is 1. The van der Waals surface area contributed by atoms with E-state index in [0.29, 0.717) is 5.69 Å². The topological polar surface area (TPSA) is 129 Å². The van der Waals surface area contributed by atoms with Crippen molar-refractivity contribution in [2.75, 3.05) is 11.1 Å². The summed E-state index contributed by atoms with van der Waals surface area (Å²) in [4.78, 5) is 26.1. The van der Waals surface area contributed by atoms with E-state index >= 15 is 0 Å². The molecule has 0 spiro atoms. The number of ketones is 2. The summed E-state index contributed by atoms with van der Waals surface area (Å²) in [5.74, 6) is -1.11. The standard InChI is InChI=1S/C28H18N2O5S/c29-26-23(36(33,34)35)14-22(24-25(26)28(32)19-10-4-3-9-18(19)27(24)31)30-21-11-5-8-17-12-15-6-1-2-7-16(15)13-20(17)21/h1-14,30H,29H2,(H,33,34,35)/p-1. The fourth-order valence-electron chi connectivity index (χ4n) is 4.82. The fourth-order valence-corrected chi connectivity index (χ4v) is 5.45. The fraction of sp³-hybridized carbons (Fsp3) is 0. The molecule has 3 N–H and O–H groups in total. The molecule has 0 aliphatic heterocycles. The Labute approximate surface area is 205 Å². The zero-order valence-corrected chi connectivity index (χ0v) is 19.4. The molecule has 176 valence electrons. The molecule has 0 bridgehead atoms. The van der Waals surface area contributed by atoms with Gasteiger partial charge < -0.3 is 15.6 Å². The van der Waals surface area contributed by atoms with Crippen LogP contribution in [0.1, 0.15) is 31.8 Å². The second-order valence-corrected chi connectivity index (χ2v) is 9.94. The number of carbonyl (C=O) groups is 2. The number of fused-ring (bicyclic) bond motifs is 4. The van der Waals surface area contributed by atoms with E-state index in [1.807, 2.05) is 48.5 Å². The SMILES string of the molecule is Nc1c(S(=O)(=O)[O-])cc(Nc2cccc3cc4ccccc4cc23)c2c1C(=O)c1ccccc1C2=O. The van der Waals surface area contributed by atoms with E-state index in [-0.39, 0.29) is 27.9 Å². The Morgan fingerprint density at radius 1 is 0.667 bits per heavy atom. The Morgan fingerprint density at radius 3 is 1.92 bits per heavy atom. The van der Waals surface area contributed by atoms with Gasteiger partial charge in [0.1, 0.15) is 10.1 Å². The molecule has 0 atom stereocenters. The third kappa shape index (κ3) is 3.27. The molecule has 0 saturated heterocycles. The van der Waals surface area contributed by atoms with Gasteiger partial charge in [-0.15, -0.1) is 0 Å². The van der Waals surface area contributed by atoms with Crippen molar-refractivity contribution in [1.82, 2.24) is 0 Å². The predicted molar refractivity (Wildman–Crippen MR) is 137 cm³/mol. The molecule has 0 radical (unpaired) electrons. The minimum absolute atomic E-state index is 0.0159. The summed E-state index contributed by atoms with van der Waals surface area (Å²) in [5, 5.41) is 6.88. The van der Waals surface area contributed by atoms with Gasteiger partial charge in [0.2, 0.25) is 0 Å². The first-order chi connectivity index (χ1) is 17.2. The largest absolute Gasteiger partial charge is 0.744 e. The summed E-state index contributed by atoms with van der Waals surface area (Å²) in [7, 11) is -5.05. The minimum atomic E-state index is -5.05. The van der Waals surface area contributed by atoms with Crippen LogP contribution in [0.2, 0.25) is 0 Å². The molecule has 1 aliphatic carbocycles. The molecule has 7 nitrogen and oxygen atoms in total. The Kier molecular flexibility index (Phi) is 4.72. The summed E-state index contributed by atoms with van der Waals surface area (Å²) >= 11 is 0. The van der Waals surface area contributed by atoms with Crippen molar-refractivity contribution in [3.05, 3.63) is 107 Å². The number of nitrogen functional groups attached to an aromatic ring is 1. The second-order valence-electron chi connectivity index (χ2n) is 8.59. The normalized spacial score (nSPS) is 13.0. The molecule has 0 saturated carbocycles. The van der Waals surface area contributed by atoms with E-state index in [0.717, 1.165) is 27.6 Å². The third-order valence-electron chi connectivity index (χ3n) is 6.49. The zero-order chi connectivity index (χ0) is 25.2. The van der Waals surface area contributed by atoms with Crippen molar-refractivity contribution < 1.29 is 22.6 Å². The number of benzene rings is 5. The van der Waals surface area contributed by atoms with Crippen LogP contribution in [-0.4, -0.2) is 24.5 Å². The average molecular weight is 494 g/mol. The quantitative estimate of drug-likeness (QED) is 0.202. The molecular weight excluding hydrogens is 476 g/mol. The van der Waals surface area contributed by atoms with Gasteiger partial charge in [0.15, 0.2) is 11.6 Å². The third-order valence-corrected chi connectivity index (χ3v) is 7.36. The molecule has 0 amide bonds. The van der Waals surface area contributed by atoms with Crippen LogP contribution in [0.4, 0.5) is 17.1 Å². The summed E-state index contributed by atoms with van der Waals surface area (Å²) in [5.41, 5.74) is 6.02. The first kappa shape index (κ1) is 22.0. The Balaban J connectivity index is 1.63. The van der Waals surface area contributed by atoms with Gasteiger partial charge in [0.25, 0.3) is 0 Å². The number of carbonyl (C=O) groups excluding carboxylic acids is 2. The van der Waals surface area contributed by atoms with Crippen LogP contribution in [0.5, 0.6) is 0 Å². The van der Waals surface area contributed by atoms with Gasteiger partial charge in [0.05, 0.1) is 27.4 Å². The Hall–Kier alpha value is -4.53. The van der Waals surface area contributed by atoms with Crippen LogP contribution in [0.15, 0.2) is 89.8 Å². The highest BCUT2D eigenvalue weighted by Gasteiger charge is 2.35. The second kappa shape index (κ2) is 7.74. The van der Waals surface area contributed by atoms with Crippen molar-refractivity contribution >= 4 is 60.3 Å². The lowest BCUT2D eigenvalue weighted by Crippen LogP contribution is -2.25. The number of hydrogen-bond acceptors (Lipinski definition) is 7. The zero-order valence-electron chi connectivity index (χ0n) is 18.6. The molecule has 0 unspecified atom stereocenters. The maximum atomic E-state index is 13.5. The highest BCUT2D eigenvalue weighted by atomic mass is 32.2. The van der Waals surface area contributed by atoms with Crippen molar-refractivity contribution in [1.29, 1.82) is 0 Å². The van der Waals surface area contributed by atoms with Crippen LogP contribution in [0.3, 0.4) is 0 Å². The van der Waals surface area contributed by atoms with E-state index < -0.39 is 32.3 Å². The predicted octanol–water partition coefficient (Wildman–Crippen LogP) is 5.00. The van der Waals surface area contributed by atoms with E-state index in [9.17, 15) is 22.6 Å². The number of hydrogen-bond donors (Lipinski definition) is 2. The van der Waals surface area contributed by atoms with Crippen molar-refractivity contribution in [2.45, 2.75) is 4.90 Å². The smallest absolute Gasteiger partial charge is 0.196 e. The number of anilines is 3. The van der Waals surface area contributed by atoms with Crippen molar-refractivity contribution in [3.8, 4) is 0 Å². The molecule has 0 aromatic heterocycles. The first-order valence-electron chi connectivity index (χ1n) is 11.0.